The zero-order valence-electron chi connectivity index (χ0n) is 12.9. The third-order valence-corrected chi connectivity index (χ3v) is 4.62. The van der Waals surface area contributed by atoms with E-state index in [-0.39, 0.29) is 24.0 Å². The van der Waals surface area contributed by atoms with Gasteiger partial charge in [0.05, 0.1) is 12.6 Å². The second-order valence-electron chi connectivity index (χ2n) is 6.25. The highest BCUT2D eigenvalue weighted by Gasteiger charge is 2.33. The summed E-state index contributed by atoms with van der Waals surface area (Å²) in [5.41, 5.74) is 7.45. The van der Waals surface area contributed by atoms with Crippen LogP contribution in [0, 0.1) is 0 Å². The van der Waals surface area contributed by atoms with E-state index in [2.05, 4.69) is 17.4 Å². The van der Waals surface area contributed by atoms with E-state index in [1.165, 1.54) is 5.56 Å². The van der Waals surface area contributed by atoms with E-state index in [0.717, 1.165) is 26.0 Å². The number of hydrogen-bond acceptors (Lipinski definition) is 4. The molecule has 0 radical (unpaired) electrons. The summed E-state index contributed by atoms with van der Waals surface area (Å²) >= 11 is 0. The van der Waals surface area contributed by atoms with Crippen molar-refractivity contribution in [1.29, 1.82) is 0 Å². The van der Waals surface area contributed by atoms with Gasteiger partial charge in [0.2, 0.25) is 5.91 Å². The molecule has 2 aliphatic rings. The highest BCUT2D eigenvalue weighted by atomic mass is 16.5. The van der Waals surface area contributed by atoms with Crippen LogP contribution in [-0.2, 0) is 9.53 Å². The van der Waals surface area contributed by atoms with Crippen molar-refractivity contribution < 1.29 is 9.53 Å². The van der Waals surface area contributed by atoms with Crippen LogP contribution in [0.25, 0.3) is 0 Å². The summed E-state index contributed by atoms with van der Waals surface area (Å²) < 4.78 is 5.54. The number of nitrogens with one attached hydrogen (secondary N) is 1. The number of likely N-dealkylation sites (tertiary alicyclic amines) is 1. The van der Waals surface area contributed by atoms with Crippen molar-refractivity contribution in [3.8, 4) is 0 Å². The molecule has 5 heteroatoms. The van der Waals surface area contributed by atoms with Crippen molar-refractivity contribution in [3.63, 3.8) is 0 Å². The van der Waals surface area contributed by atoms with Crippen LogP contribution < -0.4 is 11.1 Å². The molecular formula is C17H25N3O2. The SMILES string of the molecule is N[C@@H]1CN(C(=O)CNCC2CCCO2)C[C@H]1c1ccccc1. The number of amides is 1. The number of nitrogens with zero attached hydrogens (tertiary/aromatic N) is 1. The average Bonchev–Trinajstić information content (AvgIpc) is 3.17. The topological polar surface area (TPSA) is 67.6 Å². The molecule has 3 rings (SSSR count). The van der Waals surface area contributed by atoms with E-state index in [1.807, 2.05) is 23.1 Å². The van der Waals surface area contributed by atoms with Crippen LogP contribution in [0.1, 0.15) is 24.3 Å². The number of carbonyl (C=O) groups is 1. The van der Waals surface area contributed by atoms with Crippen LogP contribution in [-0.4, -0.2) is 55.7 Å². The van der Waals surface area contributed by atoms with Crippen LogP contribution >= 0.6 is 0 Å². The average molecular weight is 303 g/mol. The summed E-state index contributed by atoms with van der Waals surface area (Å²) in [6.45, 7) is 3.33. The maximum absolute atomic E-state index is 12.3. The number of benzene rings is 1. The molecule has 1 aromatic rings. The van der Waals surface area contributed by atoms with Crippen molar-refractivity contribution in [2.45, 2.75) is 30.9 Å². The Hall–Kier alpha value is -1.43. The van der Waals surface area contributed by atoms with E-state index in [0.29, 0.717) is 19.6 Å². The summed E-state index contributed by atoms with van der Waals surface area (Å²) in [5, 5.41) is 3.22. The van der Waals surface area contributed by atoms with Crippen LogP contribution in [0.3, 0.4) is 0 Å². The predicted octanol–water partition coefficient (Wildman–Crippen LogP) is 0.708. The van der Waals surface area contributed by atoms with E-state index in [4.69, 9.17) is 10.5 Å². The first kappa shape index (κ1) is 15.5. The van der Waals surface area contributed by atoms with Crippen LogP contribution in [0.4, 0.5) is 0 Å². The van der Waals surface area contributed by atoms with Crippen molar-refractivity contribution in [3.05, 3.63) is 35.9 Å². The first-order valence-corrected chi connectivity index (χ1v) is 8.14. The van der Waals surface area contributed by atoms with Crippen molar-refractivity contribution in [1.82, 2.24) is 10.2 Å². The maximum atomic E-state index is 12.3. The molecular weight excluding hydrogens is 278 g/mol. The fourth-order valence-electron chi connectivity index (χ4n) is 3.34. The molecule has 1 amide bonds. The highest BCUT2D eigenvalue weighted by molar-refractivity contribution is 5.78. The van der Waals surface area contributed by atoms with Gasteiger partial charge in [-0.1, -0.05) is 30.3 Å². The molecule has 0 aromatic heterocycles. The number of nitrogens with two attached hydrogens (primary N) is 1. The first-order chi connectivity index (χ1) is 10.7. The number of ether oxygens (including phenoxy) is 1. The molecule has 3 N–H and O–H groups in total. The zero-order valence-corrected chi connectivity index (χ0v) is 12.9. The maximum Gasteiger partial charge on any atom is 0.236 e. The standard InChI is InChI=1S/C17H25N3O2/c18-16-12-20(11-15(16)13-5-2-1-3-6-13)17(21)10-19-9-14-7-4-8-22-14/h1-3,5-6,14-16,19H,4,7-12,18H2/t14?,15-,16+/m0/s1. The second-order valence-corrected chi connectivity index (χ2v) is 6.25. The Morgan fingerprint density at radius 1 is 1.32 bits per heavy atom. The normalized spacial score (nSPS) is 28.2. The monoisotopic (exact) mass is 303 g/mol. The molecule has 0 spiro atoms. The Labute approximate surface area is 131 Å². The van der Waals surface area contributed by atoms with E-state index in [1.54, 1.807) is 0 Å². The van der Waals surface area contributed by atoms with Crippen LogP contribution in [0.2, 0.25) is 0 Å². The second kappa shape index (κ2) is 7.22. The molecule has 0 aliphatic carbocycles. The molecule has 3 atom stereocenters. The molecule has 2 fully saturated rings. The molecule has 2 saturated heterocycles. The number of hydrogen-bond donors (Lipinski definition) is 2. The van der Waals surface area contributed by atoms with Crippen LogP contribution in [0.15, 0.2) is 30.3 Å². The van der Waals surface area contributed by atoms with E-state index in [9.17, 15) is 4.79 Å². The molecule has 5 nitrogen and oxygen atoms in total. The quantitative estimate of drug-likeness (QED) is 0.840. The van der Waals surface area contributed by atoms with Crippen molar-refractivity contribution in [2.75, 3.05) is 32.8 Å². The van der Waals surface area contributed by atoms with Gasteiger partial charge in [0.25, 0.3) is 0 Å². The van der Waals surface area contributed by atoms with Crippen molar-refractivity contribution in [2.24, 2.45) is 5.73 Å². The lowest BCUT2D eigenvalue weighted by atomic mass is 9.95. The molecule has 1 unspecified atom stereocenters. The van der Waals surface area contributed by atoms with Gasteiger partial charge in [-0.15, -0.1) is 0 Å². The minimum Gasteiger partial charge on any atom is -0.377 e. The van der Waals surface area contributed by atoms with Gasteiger partial charge in [-0.25, -0.2) is 0 Å². The van der Waals surface area contributed by atoms with Gasteiger partial charge in [-0.05, 0) is 18.4 Å². The minimum absolute atomic E-state index is 0.0181. The molecule has 0 bridgehead atoms. The summed E-state index contributed by atoms with van der Waals surface area (Å²) in [4.78, 5) is 14.2. The fraction of sp³-hybridized carbons (Fsp3) is 0.588. The van der Waals surface area contributed by atoms with E-state index >= 15 is 0 Å². The molecule has 1 aromatic carbocycles. The lowest BCUT2D eigenvalue weighted by Gasteiger charge is -2.18. The smallest absolute Gasteiger partial charge is 0.236 e. The van der Waals surface area contributed by atoms with Gasteiger partial charge in [0.1, 0.15) is 0 Å². The Balaban J connectivity index is 1.47. The number of carbonyl (C=O) groups excluding carboxylic acids is 1. The molecule has 0 saturated carbocycles. The Bertz CT molecular complexity index is 488. The van der Waals surface area contributed by atoms with Gasteiger partial charge in [-0.3, -0.25) is 4.79 Å². The molecule has 2 aliphatic heterocycles. The van der Waals surface area contributed by atoms with E-state index < -0.39 is 0 Å². The Kier molecular flexibility index (Phi) is 5.08. The molecule has 120 valence electrons. The predicted molar refractivity (Wildman–Crippen MR) is 85.6 cm³/mol. The third-order valence-electron chi connectivity index (χ3n) is 4.62. The first-order valence-electron chi connectivity index (χ1n) is 8.14. The zero-order chi connectivity index (χ0) is 15.4. The lowest BCUT2D eigenvalue weighted by molar-refractivity contribution is -0.129. The third kappa shape index (κ3) is 3.66. The van der Waals surface area contributed by atoms with Gasteiger partial charge < -0.3 is 20.7 Å². The van der Waals surface area contributed by atoms with Gasteiger partial charge in [0.15, 0.2) is 0 Å². The fourth-order valence-corrected chi connectivity index (χ4v) is 3.34. The molecule has 2 heterocycles. The summed E-state index contributed by atoms with van der Waals surface area (Å²) in [7, 11) is 0. The van der Waals surface area contributed by atoms with Gasteiger partial charge in [0, 0.05) is 38.2 Å². The minimum atomic E-state index is 0.0181. The molecule has 22 heavy (non-hydrogen) atoms. The Morgan fingerprint density at radius 2 is 2.14 bits per heavy atom. The largest absolute Gasteiger partial charge is 0.377 e. The summed E-state index contributed by atoms with van der Waals surface area (Å²) in [6.07, 6.45) is 2.48. The summed E-state index contributed by atoms with van der Waals surface area (Å²) in [5.74, 6) is 0.371. The van der Waals surface area contributed by atoms with Crippen LogP contribution in [0.5, 0.6) is 0 Å². The number of rotatable bonds is 5. The van der Waals surface area contributed by atoms with Crippen molar-refractivity contribution >= 4 is 5.91 Å². The van der Waals surface area contributed by atoms with Gasteiger partial charge in [-0.2, -0.15) is 0 Å². The van der Waals surface area contributed by atoms with Gasteiger partial charge >= 0.3 is 0 Å². The summed E-state index contributed by atoms with van der Waals surface area (Å²) in [6, 6.07) is 10.2. The highest BCUT2D eigenvalue weighted by Crippen LogP contribution is 2.26. The lowest BCUT2D eigenvalue weighted by Crippen LogP contribution is -2.40. The Morgan fingerprint density at radius 3 is 2.86 bits per heavy atom.